The fourth-order valence-electron chi connectivity index (χ4n) is 4.06. The lowest BCUT2D eigenvalue weighted by atomic mass is 9.98. The highest BCUT2D eigenvalue weighted by atomic mass is 35.5. The highest BCUT2D eigenvalue weighted by molar-refractivity contribution is 5.85. The zero-order valence-electron chi connectivity index (χ0n) is 15.7. The van der Waals surface area contributed by atoms with E-state index in [-0.39, 0.29) is 36.6 Å². The Bertz CT molecular complexity index is 431. The molecule has 0 aromatic carbocycles. The summed E-state index contributed by atoms with van der Waals surface area (Å²) in [4.78, 5) is 31.3. The molecule has 152 valence electrons. The van der Waals surface area contributed by atoms with Crippen molar-refractivity contribution >= 4 is 36.6 Å². The normalized spacial score (nSPS) is 24.8. The molecule has 0 radical (unpaired) electrons. The smallest absolute Gasteiger partial charge is 0.236 e. The van der Waals surface area contributed by atoms with E-state index in [0.717, 1.165) is 78.0 Å². The van der Waals surface area contributed by atoms with Gasteiger partial charge in [-0.25, -0.2) is 0 Å². The Balaban J connectivity index is 0.00000169. The molecular weight excluding hydrogens is 375 g/mol. The topological polar surface area (TPSA) is 55.9 Å². The van der Waals surface area contributed by atoms with Crippen molar-refractivity contribution in [2.24, 2.45) is 5.92 Å². The van der Waals surface area contributed by atoms with Crippen LogP contribution in [0, 0.1) is 5.92 Å². The van der Waals surface area contributed by atoms with Gasteiger partial charge in [0.1, 0.15) is 0 Å². The number of piperazine rings is 1. The summed E-state index contributed by atoms with van der Waals surface area (Å²) >= 11 is 0. The summed E-state index contributed by atoms with van der Waals surface area (Å²) in [7, 11) is 0. The van der Waals surface area contributed by atoms with Crippen LogP contribution in [0.2, 0.25) is 0 Å². The van der Waals surface area contributed by atoms with E-state index < -0.39 is 0 Å². The monoisotopic (exact) mass is 408 g/mol. The van der Waals surface area contributed by atoms with Crippen molar-refractivity contribution in [2.75, 3.05) is 58.9 Å². The van der Waals surface area contributed by atoms with E-state index in [4.69, 9.17) is 0 Å². The molecular formula is C18H34Cl2N4O2. The Morgan fingerprint density at radius 2 is 1.46 bits per heavy atom. The maximum Gasteiger partial charge on any atom is 0.236 e. The molecule has 6 nitrogen and oxygen atoms in total. The highest BCUT2D eigenvalue weighted by Crippen LogP contribution is 2.15. The van der Waals surface area contributed by atoms with E-state index in [1.54, 1.807) is 0 Å². The van der Waals surface area contributed by atoms with Crippen molar-refractivity contribution in [1.29, 1.82) is 0 Å². The molecule has 2 amide bonds. The Morgan fingerprint density at radius 3 is 2.04 bits per heavy atom. The molecule has 0 bridgehead atoms. The largest absolute Gasteiger partial charge is 0.342 e. The predicted octanol–water partition coefficient (Wildman–Crippen LogP) is 1.38. The zero-order chi connectivity index (χ0) is 16.8. The lowest BCUT2D eigenvalue weighted by Crippen LogP contribution is -2.54. The maximum absolute atomic E-state index is 12.6. The molecule has 0 aromatic heterocycles. The quantitative estimate of drug-likeness (QED) is 0.765. The van der Waals surface area contributed by atoms with Gasteiger partial charge in [0, 0.05) is 45.8 Å². The van der Waals surface area contributed by atoms with Crippen molar-refractivity contribution < 1.29 is 9.59 Å². The maximum atomic E-state index is 12.6. The van der Waals surface area contributed by atoms with E-state index in [1.165, 1.54) is 12.8 Å². The molecule has 8 heteroatoms. The molecule has 3 heterocycles. The lowest BCUT2D eigenvalue weighted by molar-refractivity contribution is -0.138. The van der Waals surface area contributed by atoms with Gasteiger partial charge < -0.3 is 15.1 Å². The molecule has 1 atom stereocenters. The highest BCUT2D eigenvalue weighted by Gasteiger charge is 2.29. The average molecular weight is 409 g/mol. The van der Waals surface area contributed by atoms with Crippen LogP contribution in [0.3, 0.4) is 0 Å². The Hall–Kier alpha value is -0.560. The van der Waals surface area contributed by atoms with Crippen molar-refractivity contribution in [2.45, 2.75) is 38.5 Å². The number of hydrogen-bond donors (Lipinski definition) is 1. The van der Waals surface area contributed by atoms with Crippen LogP contribution in [0.25, 0.3) is 0 Å². The molecule has 3 fully saturated rings. The van der Waals surface area contributed by atoms with Crippen LogP contribution in [-0.4, -0.2) is 85.4 Å². The molecule has 3 saturated heterocycles. The van der Waals surface area contributed by atoms with Crippen molar-refractivity contribution in [3.8, 4) is 0 Å². The third kappa shape index (κ3) is 6.55. The molecule has 3 aliphatic heterocycles. The van der Waals surface area contributed by atoms with Gasteiger partial charge in [-0.2, -0.15) is 0 Å². The first kappa shape index (κ1) is 23.5. The number of carbonyl (C=O) groups is 2. The minimum atomic E-state index is 0. The van der Waals surface area contributed by atoms with Gasteiger partial charge in [0.25, 0.3) is 0 Å². The Labute approximate surface area is 169 Å². The van der Waals surface area contributed by atoms with Crippen molar-refractivity contribution in [1.82, 2.24) is 20.0 Å². The number of amides is 2. The number of piperidine rings is 1. The van der Waals surface area contributed by atoms with Crippen LogP contribution in [0.15, 0.2) is 0 Å². The number of rotatable bonds is 3. The van der Waals surface area contributed by atoms with E-state index in [9.17, 15) is 9.59 Å². The first-order valence-electron chi connectivity index (χ1n) is 9.73. The van der Waals surface area contributed by atoms with Gasteiger partial charge >= 0.3 is 0 Å². The summed E-state index contributed by atoms with van der Waals surface area (Å²) in [5.74, 6) is 0.734. The van der Waals surface area contributed by atoms with Crippen molar-refractivity contribution in [3.05, 3.63) is 0 Å². The third-order valence-electron chi connectivity index (χ3n) is 5.65. The third-order valence-corrected chi connectivity index (χ3v) is 5.65. The van der Waals surface area contributed by atoms with Gasteiger partial charge in [-0.05, 0) is 32.2 Å². The standard InChI is InChI=1S/C18H32N4O2.2ClH/c23-17(21-8-3-1-2-4-9-21)15-20-10-12-22(13-11-20)18(24)16-6-5-7-19-14-16;;/h16,19H,1-15H2;2*1H. The second kappa shape index (κ2) is 12.0. The van der Waals surface area contributed by atoms with E-state index in [2.05, 4.69) is 10.2 Å². The van der Waals surface area contributed by atoms with Crippen LogP contribution >= 0.6 is 24.8 Å². The first-order chi connectivity index (χ1) is 11.7. The zero-order valence-corrected chi connectivity index (χ0v) is 17.3. The van der Waals surface area contributed by atoms with Crippen LogP contribution in [-0.2, 0) is 9.59 Å². The van der Waals surface area contributed by atoms with Gasteiger partial charge in [-0.3, -0.25) is 14.5 Å². The summed E-state index contributed by atoms with van der Waals surface area (Å²) in [6.45, 7) is 7.41. The van der Waals surface area contributed by atoms with Crippen molar-refractivity contribution in [3.63, 3.8) is 0 Å². The number of nitrogens with one attached hydrogen (secondary N) is 1. The van der Waals surface area contributed by atoms with Crippen LogP contribution in [0.1, 0.15) is 38.5 Å². The van der Waals surface area contributed by atoms with E-state index in [0.29, 0.717) is 12.5 Å². The second-order valence-electron chi connectivity index (χ2n) is 7.44. The molecule has 26 heavy (non-hydrogen) atoms. The van der Waals surface area contributed by atoms with E-state index in [1.807, 2.05) is 9.80 Å². The van der Waals surface area contributed by atoms with E-state index >= 15 is 0 Å². The fraction of sp³-hybridized carbons (Fsp3) is 0.889. The minimum absolute atomic E-state index is 0. The summed E-state index contributed by atoms with van der Waals surface area (Å²) < 4.78 is 0. The number of carbonyl (C=O) groups excluding carboxylic acids is 2. The minimum Gasteiger partial charge on any atom is -0.342 e. The summed E-state index contributed by atoms with van der Waals surface area (Å²) in [6, 6.07) is 0. The molecule has 0 aliphatic carbocycles. The number of hydrogen-bond acceptors (Lipinski definition) is 4. The molecule has 0 saturated carbocycles. The van der Waals surface area contributed by atoms with Crippen LogP contribution in [0.5, 0.6) is 0 Å². The second-order valence-corrected chi connectivity index (χ2v) is 7.44. The Kier molecular flexibility index (Phi) is 10.8. The molecule has 0 aromatic rings. The number of likely N-dealkylation sites (tertiary alicyclic amines) is 1. The summed E-state index contributed by atoms with van der Waals surface area (Å²) in [5, 5.41) is 3.32. The van der Waals surface area contributed by atoms with Crippen LogP contribution in [0.4, 0.5) is 0 Å². The summed E-state index contributed by atoms with van der Waals surface area (Å²) in [6.07, 6.45) is 6.90. The number of halogens is 2. The summed E-state index contributed by atoms with van der Waals surface area (Å²) in [5.41, 5.74) is 0. The SMILES string of the molecule is Cl.Cl.O=C(CN1CCN(C(=O)C2CCCNC2)CC1)N1CCCCCC1. The molecule has 1 N–H and O–H groups in total. The molecule has 1 unspecified atom stereocenters. The molecule has 3 rings (SSSR count). The number of nitrogens with zero attached hydrogens (tertiary/aromatic N) is 3. The first-order valence-corrected chi connectivity index (χ1v) is 9.73. The predicted molar refractivity (Wildman–Crippen MR) is 108 cm³/mol. The van der Waals surface area contributed by atoms with Gasteiger partial charge in [0.05, 0.1) is 12.5 Å². The van der Waals surface area contributed by atoms with Gasteiger partial charge in [0.2, 0.25) is 11.8 Å². The Morgan fingerprint density at radius 1 is 0.808 bits per heavy atom. The lowest BCUT2D eigenvalue weighted by Gasteiger charge is -2.37. The molecule has 0 spiro atoms. The van der Waals surface area contributed by atoms with Crippen LogP contribution < -0.4 is 5.32 Å². The van der Waals surface area contributed by atoms with Gasteiger partial charge in [0.15, 0.2) is 0 Å². The average Bonchev–Trinajstić information content (AvgIpc) is 2.92. The van der Waals surface area contributed by atoms with Gasteiger partial charge in [-0.1, -0.05) is 12.8 Å². The van der Waals surface area contributed by atoms with Gasteiger partial charge in [-0.15, -0.1) is 24.8 Å². The fourth-order valence-corrected chi connectivity index (χ4v) is 4.06. The molecule has 3 aliphatic rings.